The first kappa shape index (κ1) is 42.3. The number of likely N-dealkylation sites (N-methyl/N-ethyl adjacent to an activating group) is 1. The van der Waals surface area contributed by atoms with Crippen LogP contribution < -0.4 is 27.0 Å². The predicted octanol–water partition coefficient (Wildman–Crippen LogP) is 1.36. The largest absolute Gasteiger partial charge is 0.391 e. The molecule has 49 heavy (non-hydrogen) atoms. The first-order chi connectivity index (χ1) is 23.2. The molecular formula is C35H64FN7O6. The summed E-state index contributed by atoms with van der Waals surface area (Å²) in [5.41, 5.74) is 5.93. The van der Waals surface area contributed by atoms with Gasteiger partial charge in [0, 0.05) is 26.2 Å². The molecule has 7 atom stereocenters. The number of hydrogen-bond acceptors (Lipinski definition) is 8. The highest BCUT2D eigenvalue weighted by Gasteiger charge is 2.39. The van der Waals surface area contributed by atoms with Crippen molar-refractivity contribution in [3.8, 4) is 0 Å². The number of unbranched alkanes of at least 4 members (excludes halogenated alkanes) is 3. The minimum absolute atomic E-state index is 0.0441. The van der Waals surface area contributed by atoms with Gasteiger partial charge < -0.3 is 37.0 Å². The van der Waals surface area contributed by atoms with Crippen molar-refractivity contribution < 1.29 is 33.5 Å². The minimum atomic E-state index is -1.42. The Morgan fingerprint density at radius 2 is 1.57 bits per heavy atom. The Morgan fingerprint density at radius 3 is 2.14 bits per heavy atom. The number of aliphatic hydroxyl groups is 1. The van der Waals surface area contributed by atoms with Gasteiger partial charge in [-0.3, -0.25) is 33.3 Å². The molecule has 0 aromatic rings. The average Bonchev–Trinajstić information content (AvgIpc) is 3.07. The fourth-order valence-electron chi connectivity index (χ4n) is 6.86. The topological polar surface area (TPSA) is 186 Å². The second kappa shape index (κ2) is 21.4. The highest BCUT2D eigenvalue weighted by Crippen LogP contribution is 2.27. The first-order valence-corrected chi connectivity index (χ1v) is 18.4. The summed E-state index contributed by atoms with van der Waals surface area (Å²) in [6.07, 6.45) is 6.88. The normalized spacial score (nSPS) is 28.7. The van der Waals surface area contributed by atoms with E-state index in [9.17, 15) is 33.5 Å². The van der Waals surface area contributed by atoms with Gasteiger partial charge >= 0.3 is 0 Å². The van der Waals surface area contributed by atoms with Crippen LogP contribution in [0.2, 0.25) is 0 Å². The molecule has 1 saturated carbocycles. The van der Waals surface area contributed by atoms with E-state index >= 15 is 0 Å². The van der Waals surface area contributed by atoms with Crippen LogP contribution in [0.5, 0.6) is 0 Å². The lowest BCUT2D eigenvalue weighted by molar-refractivity contribution is -0.144. The van der Waals surface area contributed by atoms with Crippen molar-refractivity contribution in [3.63, 3.8) is 0 Å². The molecule has 2 fully saturated rings. The van der Waals surface area contributed by atoms with Crippen LogP contribution in [0.1, 0.15) is 105 Å². The van der Waals surface area contributed by atoms with Crippen LogP contribution in [0.4, 0.5) is 4.39 Å². The molecule has 1 unspecified atom stereocenters. The Morgan fingerprint density at radius 1 is 0.898 bits per heavy atom. The van der Waals surface area contributed by atoms with Gasteiger partial charge in [0.2, 0.25) is 29.5 Å². The Labute approximate surface area is 292 Å². The van der Waals surface area contributed by atoms with Crippen molar-refractivity contribution in [1.82, 2.24) is 31.1 Å². The summed E-state index contributed by atoms with van der Waals surface area (Å²) in [4.78, 5) is 72.4. The molecule has 0 aromatic carbocycles. The summed E-state index contributed by atoms with van der Waals surface area (Å²) >= 11 is 0. The van der Waals surface area contributed by atoms with Crippen molar-refractivity contribution in [2.24, 2.45) is 17.6 Å². The molecule has 1 aliphatic heterocycles. The Kier molecular flexibility index (Phi) is 18.5. The number of amides is 5. The fraction of sp³-hybridized carbons (Fsp3) is 0.857. The molecule has 1 aliphatic carbocycles. The van der Waals surface area contributed by atoms with E-state index in [1.54, 1.807) is 14.0 Å². The summed E-state index contributed by atoms with van der Waals surface area (Å²) in [5, 5.41) is 21.5. The molecule has 13 nitrogen and oxygen atoms in total. The number of carbonyl (C=O) groups excluding carboxylic acids is 5. The number of alkyl halides is 1. The van der Waals surface area contributed by atoms with E-state index in [0.29, 0.717) is 25.8 Å². The van der Waals surface area contributed by atoms with Gasteiger partial charge in [-0.1, -0.05) is 59.3 Å². The van der Waals surface area contributed by atoms with Crippen LogP contribution in [0.15, 0.2) is 0 Å². The third-order valence-corrected chi connectivity index (χ3v) is 9.91. The van der Waals surface area contributed by atoms with Gasteiger partial charge in [-0.25, -0.2) is 0 Å². The lowest BCUT2D eigenvalue weighted by Gasteiger charge is -2.38. The summed E-state index contributed by atoms with van der Waals surface area (Å²) in [6, 6.07) is -6.01. The zero-order valence-corrected chi connectivity index (χ0v) is 30.6. The molecule has 0 aromatic heterocycles. The average molecular weight is 698 g/mol. The second-order valence-corrected chi connectivity index (χ2v) is 14.4. The standard InChI is InChI=1S/C35H64FN7O6/c1-7-8-9-13-18-43-21-26(16-17-36)38-33(47)29(24(5)44)40-31(45)27(20-37)39-34(48)30(25-14-11-10-12-15-25)41-32(46)28(19-22(2)3)42(6)35(49)23(43)4/h22-30,44H,7-21,37H2,1-6H3,(H,38,47)(H,39,48)(H,40,45)(H,41,46)/t23-,24-,26+,27-,28-,29-,30?/m0/s1. The maximum atomic E-state index is 14.2. The Balaban J connectivity index is 2.62. The highest BCUT2D eigenvalue weighted by atomic mass is 19.1. The van der Waals surface area contributed by atoms with Crippen molar-refractivity contribution in [1.29, 1.82) is 0 Å². The highest BCUT2D eigenvalue weighted by molar-refractivity contribution is 5.96. The van der Waals surface area contributed by atoms with Crippen LogP contribution in [0.3, 0.4) is 0 Å². The maximum Gasteiger partial charge on any atom is 0.245 e. The fourth-order valence-corrected chi connectivity index (χ4v) is 6.86. The van der Waals surface area contributed by atoms with Crippen LogP contribution in [0, 0.1) is 11.8 Å². The monoisotopic (exact) mass is 697 g/mol. The van der Waals surface area contributed by atoms with Gasteiger partial charge in [0.1, 0.15) is 24.2 Å². The molecule has 0 radical (unpaired) electrons. The molecular weight excluding hydrogens is 633 g/mol. The molecule has 0 spiro atoms. The van der Waals surface area contributed by atoms with Crippen LogP contribution >= 0.6 is 0 Å². The number of carbonyl (C=O) groups is 5. The molecule has 1 saturated heterocycles. The van der Waals surface area contributed by atoms with Gasteiger partial charge in [-0.2, -0.15) is 0 Å². The van der Waals surface area contributed by atoms with Gasteiger partial charge in [0.05, 0.1) is 18.8 Å². The predicted molar refractivity (Wildman–Crippen MR) is 187 cm³/mol. The summed E-state index contributed by atoms with van der Waals surface area (Å²) in [6.45, 7) is 8.69. The maximum absolute atomic E-state index is 14.2. The SMILES string of the molecule is CCCCCCN1C[C@@H](CCF)NC(=O)[C@H]([C@H](C)O)NC(=O)[C@H](CN)NC(=O)C(C2CCCCC2)NC(=O)[C@H](CC(C)C)N(C)C(=O)[C@@H]1C. The van der Waals surface area contributed by atoms with Crippen molar-refractivity contribution >= 4 is 29.5 Å². The van der Waals surface area contributed by atoms with Gasteiger partial charge in [-0.05, 0) is 64.3 Å². The van der Waals surface area contributed by atoms with Gasteiger partial charge in [0.15, 0.2) is 0 Å². The van der Waals surface area contributed by atoms with Crippen LogP contribution in [0.25, 0.3) is 0 Å². The molecule has 0 bridgehead atoms. The number of rotatable bonds is 12. The smallest absolute Gasteiger partial charge is 0.245 e. The lowest BCUT2D eigenvalue weighted by Crippen LogP contribution is -2.64. The van der Waals surface area contributed by atoms with Crippen LogP contribution in [-0.4, -0.2) is 120 Å². The quantitative estimate of drug-likeness (QED) is 0.165. The van der Waals surface area contributed by atoms with Crippen molar-refractivity contribution in [2.45, 2.75) is 148 Å². The zero-order chi connectivity index (χ0) is 36.7. The minimum Gasteiger partial charge on any atom is -0.391 e. The zero-order valence-electron chi connectivity index (χ0n) is 30.6. The van der Waals surface area contributed by atoms with Crippen LogP contribution in [-0.2, 0) is 24.0 Å². The third-order valence-electron chi connectivity index (χ3n) is 9.91. The van der Waals surface area contributed by atoms with E-state index in [0.717, 1.165) is 44.9 Å². The Hall–Kier alpha value is -2.84. The molecule has 282 valence electrons. The third kappa shape index (κ3) is 13.1. The van der Waals surface area contributed by atoms with Crippen molar-refractivity contribution in [3.05, 3.63) is 0 Å². The first-order valence-electron chi connectivity index (χ1n) is 18.4. The summed E-state index contributed by atoms with van der Waals surface area (Å²) in [7, 11) is 1.59. The lowest BCUT2D eigenvalue weighted by atomic mass is 9.83. The van der Waals surface area contributed by atoms with E-state index in [1.165, 1.54) is 11.8 Å². The molecule has 7 N–H and O–H groups in total. The summed E-state index contributed by atoms with van der Waals surface area (Å²) < 4.78 is 13.9. The van der Waals surface area contributed by atoms with E-state index in [1.807, 2.05) is 18.7 Å². The second-order valence-electron chi connectivity index (χ2n) is 14.4. The Bertz CT molecular complexity index is 1070. The molecule has 5 amide bonds. The summed E-state index contributed by atoms with van der Waals surface area (Å²) in [5.74, 6) is -2.99. The number of aliphatic hydroxyl groups excluding tert-OH is 1. The van der Waals surface area contributed by atoms with E-state index in [2.05, 4.69) is 28.2 Å². The number of nitrogens with zero attached hydrogens (tertiary/aromatic N) is 2. The van der Waals surface area contributed by atoms with Gasteiger partial charge in [-0.15, -0.1) is 0 Å². The number of halogens is 1. The number of nitrogens with one attached hydrogen (secondary N) is 4. The van der Waals surface area contributed by atoms with E-state index < -0.39 is 72.7 Å². The van der Waals surface area contributed by atoms with Gasteiger partial charge in [0.25, 0.3) is 0 Å². The number of nitrogens with two attached hydrogens (primary N) is 1. The van der Waals surface area contributed by atoms with Crippen molar-refractivity contribution in [2.75, 3.05) is 33.4 Å². The molecule has 1 heterocycles. The number of hydrogen-bond donors (Lipinski definition) is 6. The molecule has 14 heteroatoms. The van der Waals surface area contributed by atoms with E-state index in [-0.39, 0.29) is 37.3 Å². The molecule has 2 aliphatic rings. The van der Waals surface area contributed by atoms with E-state index in [4.69, 9.17) is 5.73 Å². The molecule has 2 rings (SSSR count).